The largest absolute Gasteiger partial charge is 0.460 e. The molecular weight excluding hydrogens is 766 g/mol. The Bertz CT molecular complexity index is 1120. The second kappa shape index (κ2) is 11.0. The zero-order valence-corrected chi connectivity index (χ0v) is 21.4. The molecule has 0 fully saturated rings. The zero-order valence-electron chi connectivity index (χ0n) is 19.2. The van der Waals surface area contributed by atoms with Crippen molar-refractivity contribution in [2.45, 2.75) is 65.9 Å². The van der Waals surface area contributed by atoms with Crippen LogP contribution in [-0.2, 0) is 0 Å². The molecule has 0 nitrogen and oxygen atoms in total. The van der Waals surface area contributed by atoms with E-state index >= 15 is 0 Å². The number of halogens is 22. The van der Waals surface area contributed by atoms with E-state index in [0.717, 1.165) is 46.9 Å². The molecule has 22 heteroatoms. The first-order chi connectivity index (χ1) is 18.3. The van der Waals surface area contributed by atoms with Gasteiger partial charge in [0.25, 0.3) is 0 Å². The molecule has 1 aromatic carbocycles. The summed E-state index contributed by atoms with van der Waals surface area (Å²) in [6.45, 7) is 0. The average Bonchev–Trinajstić information content (AvgIpc) is 2.82. The normalized spacial score (nSPS) is 16.2. The fourth-order valence-corrected chi connectivity index (χ4v) is 3.51. The van der Waals surface area contributed by atoms with Gasteiger partial charge in [-0.3, -0.25) is 0 Å². The maximum Gasteiger partial charge on any atom is 0.460 e. The van der Waals surface area contributed by atoms with E-state index in [1.165, 1.54) is 6.07 Å². The molecule has 0 aliphatic carbocycles. The predicted octanol–water partition coefficient (Wildman–Crippen LogP) is 10.2. The summed E-state index contributed by atoms with van der Waals surface area (Å²) in [5, 5.41) is 0. The van der Waals surface area contributed by atoms with E-state index in [2.05, 4.69) is 0 Å². The lowest BCUT2D eigenvalue weighted by molar-refractivity contribution is -0.473. The molecule has 0 aliphatic rings. The number of hydrogen-bond acceptors (Lipinski definition) is 0. The van der Waals surface area contributed by atoms with Crippen molar-refractivity contribution in [2.75, 3.05) is 4.43 Å². The van der Waals surface area contributed by atoms with Gasteiger partial charge >= 0.3 is 59.5 Å². The number of alkyl halides is 22. The summed E-state index contributed by atoms with van der Waals surface area (Å²) in [6.07, 6.45) is -9.52. The van der Waals surface area contributed by atoms with Crippen molar-refractivity contribution in [3.63, 3.8) is 0 Å². The quantitative estimate of drug-likeness (QED) is 0.113. The van der Waals surface area contributed by atoms with Gasteiger partial charge in [-0.05, 0) is 18.1 Å². The Kier molecular flexibility index (Phi) is 10.0. The number of hydrogen-bond donors (Lipinski definition) is 0. The van der Waals surface area contributed by atoms with Crippen LogP contribution in [0.1, 0.15) is 12.0 Å². The van der Waals surface area contributed by atoms with Crippen molar-refractivity contribution in [2.24, 2.45) is 0 Å². The fraction of sp³-hybridized carbons (Fsp3) is 0.600. The molecule has 0 radical (unpaired) electrons. The van der Waals surface area contributed by atoms with Gasteiger partial charge in [0.15, 0.2) is 0 Å². The smallest absolute Gasteiger partial charge is 0.194 e. The fourth-order valence-electron chi connectivity index (χ4n) is 2.93. The first kappa shape index (κ1) is 38.2. The molecule has 0 unspecified atom stereocenters. The lowest BCUT2D eigenvalue weighted by Crippen LogP contribution is -2.76. The van der Waals surface area contributed by atoms with Gasteiger partial charge in [0, 0.05) is 10.0 Å². The Balaban J connectivity index is 3.87. The van der Waals surface area contributed by atoms with Crippen molar-refractivity contribution < 1.29 is 92.2 Å². The van der Waals surface area contributed by atoms with Crippen LogP contribution in [0, 0.1) is 0 Å². The highest BCUT2D eigenvalue weighted by Gasteiger charge is 2.97. The van der Waals surface area contributed by atoms with E-state index in [4.69, 9.17) is 0 Å². The predicted molar refractivity (Wildman–Crippen MR) is 109 cm³/mol. The van der Waals surface area contributed by atoms with Gasteiger partial charge in [0.1, 0.15) is 0 Å². The van der Waals surface area contributed by atoms with Crippen LogP contribution in [0.3, 0.4) is 0 Å². The van der Waals surface area contributed by atoms with Crippen molar-refractivity contribution in [3.8, 4) is 0 Å². The van der Waals surface area contributed by atoms with Crippen LogP contribution in [0.15, 0.2) is 35.9 Å². The van der Waals surface area contributed by atoms with E-state index in [1.54, 1.807) is 0 Å². The highest BCUT2D eigenvalue weighted by Crippen LogP contribution is 2.66. The van der Waals surface area contributed by atoms with E-state index in [0.29, 0.717) is 0 Å². The Labute approximate surface area is 233 Å². The Morgan fingerprint density at radius 1 is 0.476 bits per heavy atom. The third kappa shape index (κ3) is 5.27. The minimum Gasteiger partial charge on any atom is -0.194 e. The number of benzene rings is 1. The monoisotopic (exact) mass is 776 g/mol. The maximum absolute atomic E-state index is 14.6. The summed E-state index contributed by atoms with van der Waals surface area (Å²) < 4.78 is 284. The second-order valence-corrected chi connectivity index (χ2v) is 9.27. The van der Waals surface area contributed by atoms with Crippen LogP contribution < -0.4 is 0 Å². The van der Waals surface area contributed by atoms with Gasteiger partial charge < -0.3 is 0 Å². The van der Waals surface area contributed by atoms with Crippen LogP contribution in [0.2, 0.25) is 0 Å². The first-order valence-electron chi connectivity index (χ1n) is 10.1. The van der Waals surface area contributed by atoms with Gasteiger partial charge in [0.05, 0.1) is 0 Å². The Morgan fingerprint density at radius 2 is 0.786 bits per heavy atom. The minimum absolute atomic E-state index is 0.0680. The van der Waals surface area contributed by atoms with Crippen molar-refractivity contribution in [1.82, 2.24) is 0 Å². The van der Waals surface area contributed by atoms with E-state index < -0.39 is 81.5 Å². The molecule has 1 aromatic rings. The van der Waals surface area contributed by atoms with E-state index in [1.807, 2.05) is 0 Å². The molecule has 0 amide bonds. The number of allylic oxidation sites excluding steroid dienone is 1. The Hall–Kier alpha value is -1.78. The van der Waals surface area contributed by atoms with Gasteiger partial charge in [-0.2, -0.15) is 92.2 Å². The highest BCUT2D eigenvalue weighted by atomic mass is 127. The lowest BCUT2D eigenvalue weighted by atomic mass is 9.84. The Morgan fingerprint density at radius 3 is 1.10 bits per heavy atom. The summed E-state index contributed by atoms with van der Waals surface area (Å²) >= 11 is 1.13. The summed E-state index contributed by atoms with van der Waals surface area (Å²) in [5.74, 6) is -77.1. The molecule has 0 spiro atoms. The molecule has 0 saturated carbocycles. The van der Waals surface area contributed by atoms with Crippen LogP contribution in [0.4, 0.5) is 92.2 Å². The van der Waals surface area contributed by atoms with Gasteiger partial charge in [-0.25, -0.2) is 0 Å². The van der Waals surface area contributed by atoms with Crippen LogP contribution in [-0.4, -0.2) is 63.9 Å². The molecule has 244 valence electrons. The minimum atomic E-state index is -9.18. The average molecular weight is 776 g/mol. The molecule has 0 saturated heterocycles. The van der Waals surface area contributed by atoms with Gasteiger partial charge in [-0.15, -0.1) is 0 Å². The molecule has 0 heterocycles. The van der Waals surface area contributed by atoms with Crippen molar-refractivity contribution in [3.05, 3.63) is 41.5 Å². The standard InChI is InChI=1S/C20H10F21I/c21-11(22,10(6-7-42)8-9-4-2-1-3-5-9)12(23,24)13(25,26)14(27,28)15(29,30)16(31,32)17(33,34)18(35,36)19(37,38)20(39,40)41/h1-5,8H,6-7H2/b10-8+. The van der Waals surface area contributed by atoms with Crippen LogP contribution in [0.5, 0.6) is 0 Å². The summed E-state index contributed by atoms with van der Waals surface area (Å²) in [4.78, 5) is 0. The summed E-state index contributed by atoms with van der Waals surface area (Å²) in [6, 6.07) is 4.87. The van der Waals surface area contributed by atoms with E-state index in [-0.39, 0.29) is 6.08 Å². The zero-order chi connectivity index (χ0) is 33.8. The molecule has 1 rings (SSSR count). The summed E-state index contributed by atoms with van der Waals surface area (Å²) in [7, 11) is 0. The van der Waals surface area contributed by atoms with Crippen LogP contribution >= 0.6 is 22.6 Å². The third-order valence-electron chi connectivity index (χ3n) is 5.42. The number of rotatable bonds is 12. The molecule has 0 bridgehead atoms. The molecular formula is C20H10F21I. The van der Waals surface area contributed by atoms with Crippen LogP contribution in [0.25, 0.3) is 6.08 Å². The molecule has 42 heavy (non-hydrogen) atoms. The van der Waals surface area contributed by atoms with Gasteiger partial charge in [0.2, 0.25) is 0 Å². The molecule has 0 aliphatic heterocycles. The third-order valence-corrected chi connectivity index (χ3v) is 5.96. The van der Waals surface area contributed by atoms with Crippen molar-refractivity contribution in [1.29, 1.82) is 0 Å². The summed E-state index contributed by atoms with van der Waals surface area (Å²) in [5.41, 5.74) is -2.81. The highest BCUT2D eigenvalue weighted by molar-refractivity contribution is 14.1. The first-order valence-corrected chi connectivity index (χ1v) is 11.6. The molecule has 0 N–H and O–H groups in total. The second-order valence-electron chi connectivity index (χ2n) is 8.19. The van der Waals surface area contributed by atoms with Crippen molar-refractivity contribution >= 4 is 28.7 Å². The maximum atomic E-state index is 14.6. The van der Waals surface area contributed by atoms with E-state index in [9.17, 15) is 92.2 Å². The molecule has 0 aromatic heterocycles. The lowest BCUT2D eigenvalue weighted by Gasteiger charge is -2.44. The SMILES string of the molecule is FC(F)(F)C(F)(F)C(F)(F)C(F)(F)C(F)(F)C(F)(F)C(F)(F)C(F)(F)C(F)(F)C(F)(F)/C(=C/c1ccccc1)CCI. The van der Waals surface area contributed by atoms with Gasteiger partial charge in [-0.1, -0.05) is 52.9 Å². The molecule has 0 atom stereocenters. The topological polar surface area (TPSA) is 0 Å².